The molecule has 0 aliphatic rings. The van der Waals surface area contributed by atoms with Crippen molar-refractivity contribution in [1.82, 2.24) is 49.5 Å². The van der Waals surface area contributed by atoms with Crippen molar-refractivity contribution in [3.63, 3.8) is 0 Å². The van der Waals surface area contributed by atoms with E-state index in [0.717, 1.165) is 10.9 Å². The summed E-state index contributed by atoms with van der Waals surface area (Å²) in [5.41, 5.74) is 9.72. The zero-order valence-corrected chi connectivity index (χ0v) is 18.2. The quantitative estimate of drug-likeness (QED) is 0.429. The highest BCUT2D eigenvalue weighted by Gasteiger charge is 2.24. The van der Waals surface area contributed by atoms with Crippen LogP contribution in [0.2, 0.25) is 0 Å². The van der Waals surface area contributed by atoms with Crippen molar-refractivity contribution in [3.8, 4) is 17.1 Å². The lowest BCUT2D eigenvalue weighted by Gasteiger charge is -2.09. The van der Waals surface area contributed by atoms with Gasteiger partial charge in [0.25, 0.3) is 0 Å². The molecular weight excluding hydrogens is 437 g/mol. The second-order valence-corrected chi connectivity index (χ2v) is 7.86. The summed E-state index contributed by atoms with van der Waals surface area (Å²) >= 11 is 0. The maximum atomic E-state index is 14.2. The van der Waals surface area contributed by atoms with Gasteiger partial charge in [-0.2, -0.15) is 10.2 Å². The van der Waals surface area contributed by atoms with Crippen LogP contribution in [0.15, 0.2) is 55.2 Å². The average Bonchev–Trinajstić information content (AvgIpc) is 3.57. The van der Waals surface area contributed by atoms with Crippen LogP contribution in [0, 0.1) is 5.82 Å². The number of hydrogen-bond donors (Lipinski definition) is 1. The molecule has 2 N–H and O–H groups in total. The molecule has 0 spiro atoms. The van der Waals surface area contributed by atoms with Crippen molar-refractivity contribution in [2.75, 3.05) is 5.73 Å². The van der Waals surface area contributed by atoms with E-state index < -0.39 is 5.82 Å². The fourth-order valence-corrected chi connectivity index (χ4v) is 3.97. The molecule has 0 amide bonds. The summed E-state index contributed by atoms with van der Waals surface area (Å²) in [5.74, 6) is -0.101. The van der Waals surface area contributed by atoms with Gasteiger partial charge < -0.3 is 5.73 Å². The van der Waals surface area contributed by atoms with E-state index in [1.54, 1.807) is 46.2 Å². The van der Waals surface area contributed by atoms with Crippen LogP contribution in [0.5, 0.6) is 0 Å². The maximum Gasteiger partial charge on any atom is 0.164 e. The maximum absolute atomic E-state index is 14.2. The number of hydrogen-bond acceptors (Lipinski definition) is 8. The molecule has 11 nitrogen and oxygen atoms in total. The monoisotopic (exact) mass is 455 g/mol. The van der Waals surface area contributed by atoms with Gasteiger partial charge in [0.2, 0.25) is 0 Å². The van der Waals surface area contributed by atoms with Crippen molar-refractivity contribution in [2.45, 2.75) is 13.0 Å². The van der Waals surface area contributed by atoms with Crippen molar-refractivity contribution in [2.24, 2.45) is 7.05 Å². The number of fused-ring (bicyclic) bond motifs is 2. The SMILES string of the molecule is CC(c1cn(-c2ccccc2F)nn1)n1nc(-c2cc3c(cn2)cnn3C)c2c(N)ncnc21. The van der Waals surface area contributed by atoms with Crippen LogP contribution in [-0.4, -0.2) is 49.5 Å². The Labute approximate surface area is 191 Å². The number of benzene rings is 1. The third-order valence-corrected chi connectivity index (χ3v) is 5.80. The smallest absolute Gasteiger partial charge is 0.164 e. The summed E-state index contributed by atoms with van der Waals surface area (Å²) in [5, 5.41) is 18.9. The number of aryl methyl sites for hydroxylation is 1. The van der Waals surface area contributed by atoms with Gasteiger partial charge in [-0.15, -0.1) is 5.10 Å². The van der Waals surface area contributed by atoms with E-state index in [1.807, 2.05) is 20.0 Å². The molecule has 6 aromatic rings. The Balaban J connectivity index is 1.49. The molecule has 0 aliphatic carbocycles. The fraction of sp³-hybridized carbons (Fsp3) is 0.136. The van der Waals surface area contributed by atoms with Crippen LogP contribution in [0.1, 0.15) is 18.7 Å². The minimum Gasteiger partial charge on any atom is -0.383 e. The molecular formula is C22H18FN11. The van der Waals surface area contributed by atoms with Gasteiger partial charge in [-0.05, 0) is 25.1 Å². The summed E-state index contributed by atoms with van der Waals surface area (Å²) < 4.78 is 19.1. The lowest BCUT2D eigenvalue weighted by molar-refractivity contribution is 0.565. The van der Waals surface area contributed by atoms with Gasteiger partial charge in [0.15, 0.2) is 5.65 Å². The van der Waals surface area contributed by atoms with Crippen LogP contribution in [0.3, 0.4) is 0 Å². The number of aromatic nitrogens is 10. The second-order valence-electron chi connectivity index (χ2n) is 7.86. The van der Waals surface area contributed by atoms with Gasteiger partial charge in [-0.1, -0.05) is 17.3 Å². The van der Waals surface area contributed by atoms with Crippen LogP contribution >= 0.6 is 0 Å². The van der Waals surface area contributed by atoms with E-state index in [2.05, 4.69) is 30.4 Å². The van der Waals surface area contributed by atoms with Gasteiger partial charge in [-0.25, -0.2) is 23.7 Å². The molecule has 0 radical (unpaired) electrons. The molecule has 12 heteroatoms. The summed E-state index contributed by atoms with van der Waals surface area (Å²) in [6.07, 6.45) is 6.55. The molecule has 0 bridgehead atoms. The first-order chi connectivity index (χ1) is 16.5. The molecule has 0 fully saturated rings. The summed E-state index contributed by atoms with van der Waals surface area (Å²) in [6, 6.07) is 7.89. The van der Waals surface area contributed by atoms with E-state index in [1.165, 1.54) is 17.1 Å². The van der Waals surface area contributed by atoms with E-state index in [4.69, 9.17) is 10.8 Å². The topological polar surface area (TPSA) is 131 Å². The van der Waals surface area contributed by atoms with Crippen LogP contribution in [0.25, 0.3) is 39.0 Å². The Kier molecular flexibility index (Phi) is 4.33. The molecule has 34 heavy (non-hydrogen) atoms. The number of nitrogen functional groups attached to an aromatic ring is 1. The molecule has 1 aromatic carbocycles. The average molecular weight is 455 g/mol. The predicted octanol–water partition coefficient (Wildman–Crippen LogP) is 2.69. The first-order valence-corrected chi connectivity index (χ1v) is 10.4. The number of para-hydroxylation sites is 1. The molecule has 6 rings (SSSR count). The number of nitrogens with zero attached hydrogens (tertiary/aromatic N) is 10. The Morgan fingerprint density at radius 1 is 1.09 bits per heavy atom. The zero-order valence-electron chi connectivity index (χ0n) is 18.2. The third-order valence-electron chi connectivity index (χ3n) is 5.80. The molecule has 0 aliphatic heterocycles. The van der Waals surface area contributed by atoms with Crippen LogP contribution < -0.4 is 5.73 Å². The first-order valence-electron chi connectivity index (χ1n) is 10.4. The second kappa shape index (κ2) is 7.40. The van der Waals surface area contributed by atoms with Gasteiger partial charge >= 0.3 is 0 Å². The van der Waals surface area contributed by atoms with Crippen LogP contribution in [0.4, 0.5) is 10.2 Å². The molecule has 5 heterocycles. The highest BCUT2D eigenvalue weighted by molar-refractivity contribution is 5.98. The summed E-state index contributed by atoms with van der Waals surface area (Å²) in [4.78, 5) is 13.2. The van der Waals surface area contributed by atoms with Crippen molar-refractivity contribution in [1.29, 1.82) is 0 Å². The highest BCUT2D eigenvalue weighted by Crippen LogP contribution is 2.33. The Hall–Kier alpha value is -4.74. The van der Waals surface area contributed by atoms with Crippen LogP contribution in [-0.2, 0) is 7.05 Å². The Bertz CT molecular complexity index is 1680. The molecule has 168 valence electrons. The number of rotatable bonds is 4. The predicted molar refractivity (Wildman–Crippen MR) is 122 cm³/mol. The minimum absolute atomic E-state index is 0.292. The molecule has 5 aromatic heterocycles. The van der Waals surface area contributed by atoms with E-state index >= 15 is 0 Å². The first kappa shape index (κ1) is 19.9. The zero-order chi connectivity index (χ0) is 23.4. The standard InChI is InChI=1S/C22H18FN11/c1-12(16-10-33(31-29-16)17-6-4-3-5-14(17)23)34-22-19(21(24)26-11-27-22)20(30-34)15-7-18-13(8-25-15)9-28-32(18)2/h3-12H,1-2H3,(H2,24,26,27). The number of anilines is 1. The molecule has 0 saturated heterocycles. The van der Waals surface area contributed by atoms with Gasteiger partial charge in [0.1, 0.15) is 35.0 Å². The van der Waals surface area contributed by atoms with Gasteiger partial charge in [0, 0.05) is 18.6 Å². The van der Waals surface area contributed by atoms with E-state index in [0.29, 0.717) is 39.6 Å². The Morgan fingerprint density at radius 2 is 1.94 bits per heavy atom. The van der Waals surface area contributed by atoms with Gasteiger partial charge in [-0.3, -0.25) is 9.67 Å². The highest BCUT2D eigenvalue weighted by atomic mass is 19.1. The lowest BCUT2D eigenvalue weighted by Crippen LogP contribution is -2.10. The lowest BCUT2D eigenvalue weighted by atomic mass is 10.2. The number of pyridine rings is 1. The molecule has 1 atom stereocenters. The minimum atomic E-state index is -0.393. The Morgan fingerprint density at radius 3 is 2.79 bits per heavy atom. The fourth-order valence-electron chi connectivity index (χ4n) is 3.97. The third kappa shape index (κ3) is 2.99. The summed E-state index contributed by atoms with van der Waals surface area (Å²) in [7, 11) is 1.86. The van der Waals surface area contributed by atoms with Crippen molar-refractivity contribution < 1.29 is 4.39 Å². The molecule has 1 unspecified atom stereocenters. The normalized spacial score (nSPS) is 12.6. The van der Waals surface area contributed by atoms with E-state index in [9.17, 15) is 4.39 Å². The van der Waals surface area contributed by atoms with Crippen molar-refractivity contribution >= 4 is 27.8 Å². The number of nitrogens with two attached hydrogens (primary N) is 1. The van der Waals surface area contributed by atoms with Gasteiger partial charge in [0.05, 0.1) is 35.0 Å². The van der Waals surface area contributed by atoms with Crippen molar-refractivity contribution in [3.05, 3.63) is 66.8 Å². The van der Waals surface area contributed by atoms with E-state index in [-0.39, 0.29) is 6.04 Å². The summed E-state index contributed by atoms with van der Waals surface area (Å²) in [6.45, 7) is 1.90. The largest absolute Gasteiger partial charge is 0.383 e. The number of halogens is 1. The molecule has 0 saturated carbocycles.